The zero-order valence-corrected chi connectivity index (χ0v) is 10.0. The third-order valence-electron chi connectivity index (χ3n) is 2.18. The fraction of sp³-hybridized carbons (Fsp3) is 0.462. The monoisotopic (exact) mass is 238 g/mol. The Morgan fingerprint density at radius 2 is 1.94 bits per heavy atom. The Morgan fingerprint density at radius 3 is 2.53 bits per heavy atom. The summed E-state index contributed by atoms with van der Waals surface area (Å²) >= 11 is 0. The molecule has 0 aliphatic heterocycles. The summed E-state index contributed by atoms with van der Waals surface area (Å²) in [4.78, 5) is 10.5. The van der Waals surface area contributed by atoms with Crippen LogP contribution in [-0.4, -0.2) is 30.9 Å². The Morgan fingerprint density at radius 1 is 1.24 bits per heavy atom. The van der Waals surface area contributed by atoms with Gasteiger partial charge >= 0.3 is 5.97 Å². The molecular weight excluding hydrogens is 220 g/mol. The van der Waals surface area contributed by atoms with Crippen LogP contribution in [0.25, 0.3) is 0 Å². The van der Waals surface area contributed by atoms with Crippen LogP contribution in [0.3, 0.4) is 0 Å². The molecule has 0 radical (unpaired) electrons. The second-order valence-electron chi connectivity index (χ2n) is 3.61. The molecule has 1 N–H and O–H groups in total. The van der Waals surface area contributed by atoms with Gasteiger partial charge in [-0.1, -0.05) is 12.1 Å². The minimum atomic E-state index is -0.824. The predicted molar refractivity (Wildman–Crippen MR) is 64.4 cm³/mol. The van der Waals surface area contributed by atoms with E-state index in [1.54, 1.807) is 24.3 Å². The number of hydrogen-bond acceptors (Lipinski definition) is 3. The number of carboxylic acids is 1. The molecule has 94 valence electrons. The lowest BCUT2D eigenvalue weighted by Crippen LogP contribution is -2.03. The minimum absolute atomic E-state index is 0.0462. The minimum Gasteiger partial charge on any atom is -0.494 e. The topological polar surface area (TPSA) is 55.8 Å². The largest absolute Gasteiger partial charge is 0.494 e. The van der Waals surface area contributed by atoms with E-state index in [0.717, 1.165) is 24.3 Å². The Hall–Kier alpha value is -1.55. The molecule has 0 saturated carbocycles. The van der Waals surface area contributed by atoms with Crippen LogP contribution < -0.4 is 4.74 Å². The molecule has 0 aliphatic rings. The summed E-state index contributed by atoms with van der Waals surface area (Å²) in [7, 11) is 0. The van der Waals surface area contributed by atoms with Gasteiger partial charge in [-0.25, -0.2) is 0 Å². The van der Waals surface area contributed by atoms with Gasteiger partial charge in [-0.2, -0.15) is 0 Å². The Balaban J connectivity index is 2.28. The predicted octanol–water partition coefficient (Wildman–Crippen LogP) is 2.12. The molecule has 0 fully saturated rings. The number of rotatable bonds is 8. The molecule has 0 atom stereocenters. The van der Waals surface area contributed by atoms with E-state index in [1.165, 1.54) is 0 Å². The van der Waals surface area contributed by atoms with Crippen molar-refractivity contribution in [2.45, 2.75) is 19.8 Å². The molecule has 17 heavy (non-hydrogen) atoms. The van der Waals surface area contributed by atoms with Gasteiger partial charge in [0.2, 0.25) is 0 Å². The van der Waals surface area contributed by atoms with E-state index in [1.807, 2.05) is 6.92 Å². The molecule has 0 spiro atoms. The second-order valence-corrected chi connectivity index (χ2v) is 3.61. The molecular formula is C13H18O4. The molecule has 0 amide bonds. The van der Waals surface area contributed by atoms with Crippen LogP contribution in [0.1, 0.15) is 18.9 Å². The Labute approximate surface area is 101 Å². The first-order valence-electron chi connectivity index (χ1n) is 5.73. The molecule has 0 saturated heterocycles. The maximum Gasteiger partial charge on any atom is 0.307 e. The van der Waals surface area contributed by atoms with Crippen molar-refractivity contribution >= 4 is 5.97 Å². The van der Waals surface area contributed by atoms with Crippen LogP contribution in [0.2, 0.25) is 0 Å². The van der Waals surface area contributed by atoms with E-state index in [9.17, 15) is 4.79 Å². The molecule has 4 heteroatoms. The van der Waals surface area contributed by atoms with Crippen molar-refractivity contribution in [1.29, 1.82) is 0 Å². The van der Waals surface area contributed by atoms with Crippen LogP contribution >= 0.6 is 0 Å². The average Bonchev–Trinajstić information content (AvgIpc) is 2.30. The van der Waals surface area contributed by atoms with E-state index >= 15 is 0 Å². The second kappa shape index (κ2) is 7.68. The molecule has 4 nitrogen and oxygen atoms in total. The number of aliphatic carboxylic acids is 1. The number of ether oxygens (including phenoxy) is 2. The SMILES string of the molecule is CCOCCCOc1ccc(CC(=O)O)cc1. The van der Waals surface area contributed by atoms with E-state index in [0.29, 0.717) is 13.2 Å². The zero-order chi connectivity index (χ0) is 12.5. The standard InChI is InChI=1S/C13H18O4/c1-2-16-8-3-9-17-12-6-4-11(5-7-12)10-13(14)15/h4-7H,2-3,8-10H2,1H3,(H,14,15). The van der Waals surface area contributed by atoms with Crippen molar-refractivity contribution in [3.05, 3.63) is 29.8 Å². The van der Waals surface area contributed by atoms with Gasteiger partial charge in [0, 0.05) is 19.6 Å². The third kappa shape index (κ3) is 5.92. The molecule has 0 aromatic heterocycles. The molecule has 1 aromatic rings. The van der Waals surface area contributed by atoms with Gasteiger partial charge in [0.05, 0.1) is 13.0 Å². The first-order chi connectivity index (χ1) is 8.22. The highest BCUT2D eigenvalue weighted by Crippen LogP contribution is 2.12. The van der Waals surface area contributed by atoms with Crippen molar-refractivity contribution in [1.82, 2.24) is 0 Å². The lowest BCUT2D eigenvalue weighted by atomic mass is 10.1. The quantitative estimate of drug-likeness (QED) is 0.705. The first-order valence-corrected chi connectivity index (χ1v) is 5.73. The summed E-state index contributed by atoms with van der Waals surface area (Å²) < 4.78 is 10.7. The van der Waals surface area contributed by atoms with Crippen LogP contribution in [0.15, 0.2) is 24.3 Å². The van der Waals surface area contributed by atoms with Gasteiger partial charge in [-0.05, 0) is 24.6 Å². The highest BCUT2D eigenvalue weighted by molar-refractivity contribution is 5.70. The van der Waals surface area contributed by atoms with Crippen LogP contribution in [0.5, 0.6) is 5.75 Å². The summed E-state index contributed by atoms with van der Waals surface area (Å²) in [5.74, 6) is -0.0639. The maximum atomic E-state index is 10.5. The van der Waals surface area contributed by atoms with Gasteiger partial charge in [-0.3, -0.25) is 4.79 Å². The summed E-state index contributed by atoms with van der Waals surface area (Å²) in [6.45, 7) is 4.00. The van der Waals surface area contributed by atoms with E-state index in [-0.39, 0.29) is 6.42 Å². The highest BCUT2D eigenvalue weighted by atomic mass is 16.5. The average molecular weight is 238 g/mol. The molecule has 0 heterocycles. The van der Waals surface area contributed by atoms with Gasteiger partial charge in [0.25, 0.3) is 0 Å². The summed E-state index contributed by atoms with van der Waals surface area (Å²) in [5, 5.41) is 8.61. The molecule has 1 rings (SSSR count). The summed E-state index contributed by atoms with van der Waals surface area (Å²) in [6.07, 6.45) is 0.898. The molecule has 0 unspecified atom stereocenters. The van der Waals surface area contributed by atoms with Gasteiger partial charge in [0.15, 0.2) is 0 Å². The van der Waals surface area contributed by atoms with Crippen LogP contribution in [0, 0.1) is 0 Å². The Kier molecular flexibility index (Phi) is 6.10. The summed E-state index contributed by atoms with van der Waals surface area (Å²) in [6, 6.07) is 7.12. The molecule has 1 aromatic carbocycles. The van der Waals surface area contributed by atoms with Crippen LogP contribution in [0.4, 0.5) is 0 Å². The number of hydrogen-bond donors (Lipinski definition) is 1. The molecule has 0 bridgehead atoms. The van der Waals surface area contributed by atoms with Crippen molar-refractivity contribution in [3.63, 3.8) is 0 Å². The summed E-state index contributed by atoms with van der Waals surface area (Å²) in [5.41, 5.74) is 0.777. The van der Waals surface area contributed by atoms with E-state index in [2.05, 4.69) is 0 Å². The third-order valence-corrected chi connectivity index (χ3v) is 2.18. The maximum absolute atomic E-state index is 10.5. The smallest absolute Gasteiger partial charge is 0.307 e. The van der Waals surface area contributed by atoms with Crippen molar-refractivity contribution in [2.75, 3.05) is 19.8 Å². The lowest BCUT2D eigenvalue weighted by molar-refractivity contribution is -0.136. The highest BCUT2D eigenvalue weighted by Gasteiger charge is 2.00. The Bertz CT molecular complexity index is 332. The lowest BCUT2D eigenvalue weighted by Gasteiger charge is -2.06. The number of benzene rings is 1. The van der Waals surface area contributed by atoms with Crippen molar-refractivity contribution < 1.29 is 19.4 Å². The molecule has 0 aliphatic carbocycles. The number of carbonyl (C=O) groups is 1. The van der Waals surface area contributed by atoms with Gasteiger partial charge in [0.1, 0.15) is 5.75 Å². The fourth-order valence-corrected chi connectivity index (χ4v) is 1.37. The van der Waals surface area contributed by atoms with Crippen LogP contribution in [-0.2, 0) is 16.0 Å². The van der Waals surface area contributed by atoms with Gasteiger partial charge < -0.3 is 14.6 Å². The zero-order valence-electron chi connectivity index (χ0n) is 10.0. The van der Waals surface area contributed by atoms with Crippen molar-refractivity contribution in [2.24, 2.45) is 0 Å². The normalized spacial score (nSPS) is 10.2. The fourth-order valence-electron chi connectivity index (χ4n) is 1.37. The van der Waals surface area contributed by atoms with E-state index in [4.69, 9.17) is 14.6 Å². The van der Waals surface area contributed by atoms with E-state index < -0.39 is 5.97 Å². The van der Waals surface area contributed by atoms with Gasteiger partial charge in [-0.15, -0.1) is 0 Å². The van der Waals surface area contributed by atoms with Crippen molar-refractivity contribution in [3.8, 4) is 5.75 Å². The number of carboxylic acid groups (broad SMARTS) is 1. The first kappa shape index (κ1) is 13.5.